The van der Waals surface area contributed by atoms with Gasteiger partial charge in [-0.05, 0) is 36.8 Å². The molecular weight excluding hydrogens is 326 g/mol. The summed E-state index contributed by atoms with van der Waals surface area (Å²) in [7, 11) is 0. The second-order valence-corrected chi connectivity index (χ2v) is 6.71. The zero-order valence-electron chi connectivity index (χ0n) is 12.5. The van der Waals surface area contributed by atoms with Crippen molar-refractivity contribution in [3.05, 3.63) is 22.9 Å². The summed E-state index contributed by atoms with van der Waals surface area (Å²) in [6.07, 6.45) is 3.95. The maximum Gasteiger partial charge on any atom is 0.344 e. The van der Waals surface area contributed by atoms with E-state index in [-0.39, 0.29) is 17.9 Å². The molecule has 0 radical (unpaired) electrons. The van der Waals surface area contributed by atoms with E-state index in [4.69, 9.17) is 21.2 Å². The summed E-state index contributed by atoms with van der Waals surface area (Å²) in [6, 6.07) is 0. The molecule has 1 saturated heterocycles. The maximum atomic E-state index is 12.3. The number of hydrogen-bond donors (Lipinski definition) is 1. The van der Waals surface area contributed by atoms with Gasteiger partial charge in [-0.15, -0.1) is 0 Å². The van der Waals surface area contributed by atoms with Gasteiger partial charge in [0.15, 0.2) is 0 Å². The molecule has 2 rings (SSSR count). The summed E-state index contributed by atoms with van der Waals surface area (Å²) in [4.78, 5) is 17.4. The fourth-order valence-electron chi connectivity index (χ4n) is 2.58. The molecule has 0 amide bonds. The van der Waals surface area contributed by atoms with Crippen LogP contribution < -0.4 is 0 Å². The Morgan fingerprint density at radius 1 is 1.55 bits per heavy atom. The van der Waals surface area contributed by atoms with Gasteiger partial charge in [-0.1, -0.05) is 23.7 Å². The minimum atomic E-state index is -0.545. The summed E-state index contributed by atoms with van der Waals surface area (Å²) in [6.45, 7) is 2.05. The first-order chi connectivity index (χ1) is 10.6. The van der Waals surface area contributed by atoms with E-state index in [1.165, 1.54) is 5.54 Å². The highest BCUT2D eigenvalue weighted by Gasteiger charge is 2.43. The normalized spacial score (nSPS) is 22.3. The molecule has 1 spiro atoms. The molecule has 0 aliphatic carbocycles. The molecule has 0 bridgehead atoms. The van der Waals surface area contributed by atoms with Crippen molar-refractivity contribution < 1.29 is 19.5 Å². The molecular formula is C15H20ClNO4S. The summed E-state index contributed by atoms with van der Waals surface area (Å²) in [5, 5.41) is 14.3. The second kappa shape index (κ2) is 7.92. The molecule has 1 N–H and O–H groups in total. The molecule has 2 aliphatic rings. The predicted octanol–water partition coefficient (Wildman–Crippen LogP) is 3.55. The van der Waals surface area contributed by atoms with E-state index < -0.39 is 11.6 Å². The number of esters is 1. The highest BCUT2D eigenvalue weighted by molar-refractivity contribution is 7.99. The Balaban J connectivity index is 2.17. The van der Waals surface area contributed by atoms with Gasteiger partial charge in [-0.25, -0.2) is 4.79 Å². The molecule has 1 fully saturated rings. The van der Waals surface area contributed by atoms with Crippen molar-refractivity contribution in [1.29, 1.82) is 0 Å². The highest BCUT2D eigenvalue weighted by Crippen LogP contribution is 2.39. The first kappa shape index (κ1) is 17.2. The van der Waals surface area contributed by atoms with Crippen LogP contribution in [-0.2, 0) is 14.4 Å². The van der Waals surface area contributed by atoms with E-state index in [0.717, 1.165) is 24.3 Å². The summed E-state index contributed by atoms with van der Waals surface area (Å²) >= 11 is 7.24. The fourth-order valence-corrected chi connectivity index (χ4v) is 3.89. The monoisotopic (exact) mass is 345 g/mol. The van der Waals surface area contributed by atoms with Gasteiger partial charge in [0.25, 0.3) is 0 Å². The number of carbonyl (C=O) groups excluding carboxylic acids is 1. The number of thioether (sulfide) groups is 1. The molecule has 0 aromatic rings. The quantitative estimate of drug-likeness (QED) is 0.357. The van der Waals surface area contributed by atoms with Crippen LogP contribution in [0.25, 0.3) is 0 Å². The zero-order valence-corrected chi connectivity index (χ0v) is 14.1. The van der Waals surface area contributed by atoms with E-state index in [9.17, 15) is 9.90 Å². The standard InChI is InChI=1S/C15H20ClNO4S/c1-2-11(17-20-7-3-6-16)13-12(18)10-15(21-14(13)19)4-8-22-9-5-15/h3,6,18H,2,4-5,7-10H2,1H3/b6-3+,17-11+. The van der Waals surface area contributed by atoms with Crippen LogP contribution in [0.5, 0.6) is 0 Å². The third kappa shape index (κ3) is 3.98. The summed E-state index contributed by atoms with van der Waals surface area (Å²) < 4.78 is 5.67. The van der Waals surface area contributed by atoms with Crippen LogP contribution in [0.4, 0.5) is 0 Å². The number of ether oxygens (including phenoxy) is 1. The van der Waals surface area contributed by atoms with E-state index >= 15 is 0 Å². The van der Waals surface area contributed by atoms with Gasteiger partial charge >= 0.3 is 5.97 Å². The molecule has 5 nitrogen and oxygen atoms in total. The molecule has 0 aromatic heterocycles. The number of rotatable bonds is 5. The van der Waals surface area contributed by atoms with Crippen LogP contribution >= 0.6 is 23.4 Å². The Hall–Kier alpha value is -1.14. The SMILES string of the molecule is CC/C(=N\OC/C=C/Cl)C1=C(O)CC2(CCSCC2)OC1=O. The first-order valence-electron chi connectivity index (χ1n) is 7.29. The second-order valence-electron chi connectivity index (χ2n) is 5.23. The lowest BCUT2D eigenvalue weighted by molar-refractivity contribution is -0.158. The van der Waals surface area contributed by atoms with Gasteiger partial charge in [0.1, 0.15) is 23.5 Å². The smallest absolute Gasteiger partial charge is 0.344 e. The highest BCUT2D eigenvalue weighted by atomic mass is 35.5. The average Bonchev–Trinajstić information content (AvgIpc) is 2.49. The molecule has 22 heavy (non-hydrogen) atoms. The lowest BCUT2D eigenvalue weighted by Gasteiger charge is -2.39. The minimum absolute atomic E-state index is 0.0558. The average molecular weight is 346 g/mol. The van der Waals surface area contributed by atoms with Crippen LogP contribution in [0.3, 0.4) is 0 Å². The van der Waals surface area contributed by atoms with Crippen molar-refractivity contribution in [3.63, 3.8) is 0 Å². The molecule has 2 heterocycles. The molecule has 122 valence electrons. The summed E-state index contributed by atoms with van der Waals surface area (Å²) in [5.41, 5.74) is 1.32. The van der Waals surface area contributed by atoms with Gasteiger partial charge in [-0.2, -0.15) is 11.8 Å². The number of carbonyl (C=O) groups is 1. The summed E-state index contributed by atoms with van der Waals surface area (Å²) in [5.74, 6) is 1.43. The number of hydrogen-bond acceptors (Lipinski definition) is 6. The van der Waals surface area contributed by atoms with E-state index in [1.807, 2.05) is 18.7 Å². The number of aliphatic hydroxyl groups excluding tert-OH is 1. The molecule has 0 unspecified atom stereocenters. The van der Waals surface area contributed by atoms with Crippen LogP contribution in [0.1, 0.15) is 32.6 Å². The van der Waals surface area contributed by atoms with Crippen LogP contribution in [0.2, 0.25) is 0 Å². The van der Waals surface area contributed by atoms with Crippen molar-refractivity contribution in [1.82, 2.24) is 0 Å². The van der Waals surface area contributed by atoms with Gasteiger partial charge in [0.05, 0.1) is 5.71 Å². The Morgan fingerprint density at radius 2 is 2.27 bits per heavy atom. The van der Waals surface area contributed by atoms with Gasteiger partial charge < -0.3 is 14.7 Å². The maximum absolute atomic E-state index is 12.3. The number of halogens is 1. The van der Waals surface area contributed by atoms with Crippen molar-refractivity contribution in [2.24, 2.45) is 5.16 Å². The zero-order chi connectivity index (χ0) is 16.0. The number of nitrogens with zero attached hydrogens (tertiary/aromatic N) is 1. The number of aliphatic hydroxyl groups is 1. The number of oxime groups is 1. The van der Waals surface area contributed by atoms with Gasteiger partial charge in [0.2, 0.25) is 0 Å². The van der Waals surface area contributed by atoms with Crippen molar-refractivity contribution in [2.75, 3.05) is 18.1 Å². The van der Waals surface area contributed by atoms with Crippen LogP contribution in [0, 0.1) is 0 Å². The topological polar surface area (TPSA) is 68.1 Å². The third-order valence-corrected chi connectivity index (χ3v) is 4.92. The van der Waals surface area contributed by atoms with Crippen molar-refractivity contribution in [3.8, 4) is 0 Å². The largest absolute Gasteiger partial charge is 0.511 e. The van der Waals surface area contributed by atoms with Crippen LogP contribution in [-0.4, -0.2) is 40.5 Å². The Morgan fingerprint density at radius 3 is 2.86 bits per heavy atom. The molecule has 0 atom stereocenters. The van der Waals surface area contributed by atoms with E-state index in [2.05, 4.69) is 5.16 Å². The van der Waals surface area contributed by atoms with E-state index in [0.29, 0.717) is 18.6 Å². The van der Waals surface area contributed by atoms with Crippen molar-refractivity contribution >= 4 is 35.0 Å². The van der Waals surface area contributed by atoms with Crippen molar-refractivity contribution in [2.45, 2.75) is 38.2 Å². The Kier molecular flexibility index (Phi) is 6.20. The van der Waals surface area contributed by atoms with Gasteiger partial charge in [-0.3, -0.25) is 0 Å². The molecule has 2 aliphatic heterocycles. The first-order valence-corrected chi connectivity index (χ1v) is 8.88. The van der Waals surface area contributed by atoms with E-state index in [1.54, 1.807) is 6.08 Å². The fraction of sp³-hybridized carbons (Fsp3) is 0.600. The minimum Gasteiger partial charge on any atom is -0.511 e. The Labute approximate surface area is 139 Å². The van der Waals surface area contributed by atoms with Gasteiger partial charge in [0, 0.05) is 12.0 Å². The molecule has 0 saturated carbocycles. The Bertz CT molecular complexity index is 510. The lowest BCUT2D eigenvalue weighted by Crippen LogP contribution is -2.44. The lowest BCUT2D eigenvalue weighted by atomic mass is 9.87. The molecule has 7 heteroatoms. The van der Waals surface area contributed by atoms with Crippen LogP contribution in [0.15, 0.2) is 28.1 Å². The molecule has 0 aromatic carbocycles. The third-order valence-electron chi connectivity index (χ3n) is 3.75. The predicted molar refractivity (Wildman–Crippen MR) is 88.3 cm³/mol.